The van der Waals surface area contributed by atoms with Crippen LogP contribution in [0.4, 0.5) is 0 Å². The summed E-state index contributed by atoms with van der Waals surface area (Å²) < 4.78 is 33.2. The predicted molar refractivity (Wildman–Crippen MR) is 76.0 cm³/mol. The van der Waals surface area contributed by atoms with E-state index in [4.69, 9.17) is 4.74 Å². The van der Waals surface area contributed by atoms with Crippen molar-refractivity contribution in [2.45, 2.75) is 11.3 Å². The highest BCUT2D eigenvalue weighted by atomic mass is 79.9. The Morgan fingerprint density at radius 2 is 1.94 bits per heavy atom. The lowest BCUT2D eigenvalue weighted by Crippen LogP contribution is -2.33. The van der Waals surface area contributed by atoms with E-state index >= 15 is 0 Å². The SMILES string of the molecule is O=S(=O)(c1cc(Br)ccc1Br)N1CCCOCC1. The number of hydrogen-bond donors (Lipinski definition) is 0. The van der Waals surface area contributed by atoms with Crippen LogP contribution in [0.1, 0.15) is 6.42 Å². The van der Waals surface area contributed by atoms with E-state index in [1.165, 1.54) is 4.31 Å². The van der Waals surface area contributed by atoms with E-state index in [0.29, 0.717) is 35.7 Å². The molecule has 1 aliphatic rings. The van der Waals surface area contributed by atoms with Gasteiger partial charge in [0.25, 0.3) is 0 Å². The van der Waals surface area contributed by atoms with Crippen LogP contribution in [0.15, 0.2) is 32.0 Å². The number of rotatable bonds is 2. The molecule has 1 fully saturated rings. The molecule has 7 heteroatoms. The van der Waals surface area contributed by atoms with Gasteiger partial charge in [0.05, 0.1) is 11.5 Å². The van der Waals surface area contributed by atoms with Gasteiger partial charge < -0.3 is 4.74 Å². The Bertz CT molecular complexity index is 525. The molecule has 0 spiro atoms. The topological polar surface area (TPSA) is 46.6 Å². The average Bonchev–Trinajstić information content (AvgIpc) is 2.61. The lowest BCUT2D eigenvalue weighted by molar-refractivity contribution is 0.148. The van der Waals surface area contributed by atoms with Crippen molar-refractivity contribution in [2.75, 3.05) is 26.3 Å². The van der Waals surface area contributed by atoms with Gasteiger partial charge in [0, 0.05) is 28.6 Å². The van der Waals surface area contributed by atoms with Crippen LogP contribution in [-0.4, -0.2) is 39.0 Å². The molecule has 1 heterocycles. The zero-order chi connectivity index (χ0) is 13.2. The summed E-state index contributed by atoms with van der Waals surface area (Å²) in [5, 5.41) is 0. The number of halogens is 2. The molecular formula is C11H13Br2NO3S. The molecule has 0 unspecified atom stereocenters. The summed E-state index contributed by atoms with van der Waals surface area (Å²) in [6, 6.07) is 5.14. The van der Waals surface area contributed by atoms with Gasteiger partial charge in [0.2, 0.25) is 10.0 Å². The smallest absolute Gasteiger partial charge is 0.244 e. The van der Waals surface area contributed by atoms with Crippen molar-refractivity contribution in [1.29, 1.82) is 0 Å². The molecule has 1 aliphatic heterocycles. The van der Waals surface area contributed by atoms with Crippen LogP contribution in [-0.2, 0) is 14.8 Å². The fourth-order valence-corrected chi connectivity index (χ4v) is 4.70. The van der Waals surface area contributed by atoms with Crippen molar-refractivity contribution in [1.82, 2.24) is 4.31 Å². The van der Waals surface area contributed by atoms with E-state index < -0.39 is 10.0 Å². The third-order valence-electron chi connectivity index (χ3n) is 2.69. The number of sulfonamides is 1. The predicted octanol–water partition coefficient (Wildman–Crippen LogP) is 2.62. The molecular weight excluding hydrogens is 386 g/mol. The molecule has 4 nitrogen and oxygen atoms in total. The standard InChI is InChI=1S/C11H13Br2NO3S/c12-9-2-3-10(13)11(8-9)18(15,16)14-4-1-6-17-7-5-14/h2-3,8H,1,4-7H2. The summed E-state index contributed by atoms with van der Waals surface area (Å²) >= 11 is 6.59. The second kappa shape index (κ2) is 6.00. The summed E-state index contributed by atoms with van der Waals surface area (Å²) in [7, 11) is -3.46. The molecule has 0 N–H and O–H groups in total. The Labute approximate surface area is 124 Å². The van der Waals surface area contributed by atoms with Gasteiger partial charge in [-0.1, -0.05) is 15.9 Å². The van der Waals surface area contributed by atoms with E-state index in [2.05, 4.69) is 31.9 Å². The molecule has 0 radical (unpaired) electrons. The van der Waals surface area contributed by atoms with Gasteiger partial charge in [-0.3, -0.25) is 0 Å². The zero-order valence-electron chi connectivity index (χ0n) is 9.60. The molecule has 18 heavy (non-hydrogen) atoms. The lowest BCUT2D eigenvalue weighted by atomic mass is 10.4. The molecule has 0 aliphatic carbocycles. The summed E-state index contributed by atoms with van der Waals surface area (Å²) in [5.74, 6) is 0. The molecule has 0 saturated carbocycles. The Kier molecular flexibility index (Phi) is 4.82. The first-order valence-corrected chi connectivity index (χ1v) is 8.57. The molecule has 0 amide bonds. The van der Waals surface area contributed by atoms with Crippen LogP contribution in [0.25, 0.3) is 0 Å². The quantitative estimate of drug-likeness (QED) is 0.769. The number of ether oxygens (including phenoxy) is 1. The number of nitrogens with zero attached hydrogens (tertiary/aromatic N) is 1. The van der Waals surface area contributed by atoms with Gasteiger partial charge in [0.15, 0.2) is 0 Å². The van der Waals surface area contributed by atoms with E-state index in [1.54, 1.807) is 18.2 Å². The van der Waals surface area contributed by atoms with Gasteiger partial charge >= 0.3 is 0 Å². The number of benzene rings is 1. The third kappa shape index (κ3) is 3.14. The van der Waals surface area contributed by atoms with Crippen molar-refractivity contribution in [2.24, 2.45) is 0 Å². The maximum absolute atomic E-state index is 12.5. The van der Waals surface area contributed by atoms with Gasteiger partial charge in [-0.15, -0.1) is 0 Å². The first kappa shape index (κ1) is 14.5. The third-order valence-corrected chi connectivity index (χ3v) is 6.08. The second-order valence-electron chi connectivity index (χ2n) is 3.94. The second-order valence-corrected chi connectivity index (χ2v) is 7.62. The highest BCUT2D eigenvalue weighted by molar-refractivity contribution is 9.11. The van der Waals surface area contributed by atoms with Gasteiger partial charge in [-0.25, -0.2) is 8.42 Å². The van der Waals surface area contributed by atoms with Crippen molar-refractivity contribution in [3.05, 3.63) is 27.1 Å². The fourth-order valence-electron chi connectivity index (χ4n) is 1.78. The molecule has 1 aromatic rings. The van der Waals surface area contributed by atoms with E-state index in [1.807, 2.05) is 0 Å². The van der Waals surface area contributed by atoms with Crippen LogP contribution in [0.3, 0.4) is 0 Å². The molecule has 1 saturated heterocycles. The summed E-state index contributed by atoms with van der Waals surface area (Å²) in [4.78, 5) is 0.291. The van der Waals surface area contributed by atoms with Crippen molar-refractivity contribution >= 4 is 41.9 Å². The van der Waals surface area contributed by atoms with Crippen molar-refractivity contribution in [3.63, 3.8) is 0 Å². The molecule has 1 aromatic carbocycles. The van der Waals surface area contributed by atoms with Crippen LogP contribution < -0.4 is 0 Å². The Morgan fingerprint density at radius 3 is 2.72 bits per heavy atom. The first-order chi connectivity index (χ1) is 8.51. The first-order valence-electron chi connectivity index (χ1n) is 5.55. The largest absolute Gasteiger partial charge is 0.380 e. The maximum Gasteiger partial charge on any atom is 0.244 e. The molecule has 0 atom stereocenters. The monoisotopic (exact) mass is 397 g/mol. The normalized spacial score (nSPS) is 18.6. The minimum Gasteiger partial charge on any atom is -0.380 e. The van der Waals surface area contributed by atoms with Gasteiger partial charge in [0.1, 0.15) is 0 Å². The van der Waals surface area contributed by atoms with Crippen LogP contribution in [0.2, 0.25) is 0 Å². The zero-order valence-corrected chi connectivity index (χ0v) is 13.6. The maximum atomic E-state index is 12.5. The molecule has 0 aromatic heterocycles. The van der Waals surface area contributed by atoms with Crippen LogP contribution in [0, 0.1) is 0 Å². The highest BCUT2D eigenvalue weighted by Gasteiger charge is 2.27. The Hall–Kier alpha value is 0.0500. The van der Waals surface area contributed by atoms with Crippen LogP contribution in [0.5, 0.6) is 0 Å². The Morgan fingerprint density at radius 1 is 1.17 bits per heavy atom. The van der Waals surface area contributed by atoms with Crippen molar-refractivity contribution in [3.8, 4) is 0 Å². The number of hydrogen-bond acceptors (Lipinski definition) is 3. The Balaban J connectivity index is 2.37. The van der Waals surface area contributed by atoms with Gasteiger partial charge in [-0.05, 0) is 40.5 Å². The minimum absolute atomic E-state index is 0.291. The average molecular weight is 399 g/mol. The lowest BCUT2D eigenvalue weighted by Gasteiger charge is -2.20. The van der Waals surface area contributed by atoms with Crippen molar-refractivity contribution < 1.29 is 13.2 Å². The summed E-state index contributed by atoms with van der Waals surface area (Å²) in [6.45, 7) is 1.97. The summed E-state index contributed by atoms with van der Waals surface area (Å²) in [5.41, 5.74) is 0. The van der Waals surface area contributed by atoms with E-state index in [-0.39, 0.29) is 0 Å². The van der Waals surface area contributed by atoms with E-state index in [9.17, 15) is 8.42 Å². The van der Waals surface area contributed by atoms with Crippen LogP contribution >= 0.6 is 31.9 Å². The fraction of sp³-hybridized carbons (Fsp3) is 0.455. The minimum atomic E-state index is -3.46. The molecule has 2 rings (SSSR count). The van der Waals surface area contributed by atoms with Gasteiger partial charge in [-0.2, -0.15) is 4.31 Å². The van der Waals surface area contributed by atoms with E-state index in [0.717, 1.165) is 10.9 Å². The highest BCUT2D eigenvalue weighted by Crippen LogP contribution is 2.28. The summed E-state index contributed by atoms with van der Waals surface area (Å²) in [6.07, 6.45) is 0.727. The molecule has 100 valence electrons. The molecule has 0 bridgehead atoms.